The van der Waals surface area contributed by atoms with Gasteiger partial charge in [0.1, 0.15) is 11.5 Å². The third-order valence-electron chi connectivity index (χ3n) is 3.00. The third kappa shape index (κ3) is 5.39. The molecule has 1 N–H and O–H groups in total. The van der Waals surface area contributed by atoms with E-state index in [4.69, 9.17) is 9.47 Å². The van der Waals surface area contributed by atoms with E-state index in [-0.39, 0.29) is 12.0 Å². The number of aliphatic hydroxyl groups is 1. The maximum Gasteiger partial charge on any atom is 0.127 e. The van der Waals surface area contributed by atoms with Gasteiger partial charge in [0.2, 0.25) is 0 Å². The molecule has 0 aliphatic carbocycles. The van der Waals surface area contributed by atoms with Crippen LogP contribution in [0.4, 0.5) is 0 Å². The quantitative estimate of drug-likeness (QED) is 0.834. The van der Waals surface area contributed by atoms with Gasteiger partial charge in [-0.2, -0.15) is 0 Å². The summed E-state index contributed by atoms with van der Waals surface area (Å²) in [6.45, 7) is 9.09. The van der Waals surface area contributed by atoms with E-state index in [1.54, 1.807) is 14.2 Å². The average molecular weight is 281 g/mol. The third-order valence-corrected chi connectivity index (χ3v) is 3.00. The molecule has 0 aromatic heterocycles. The number of hydrogen-bond donors (Lipinski definition) is 1. The highest BCUT2D eigenvalue weighted by molar-refractivity contribution is 5.40. The van der Waals surface area contributed by atoms with Gasteiger partial charge in [0.15, 0.2) is 0 Å². The number of ether oxygens (including phenoxy) is 2. The Hall–Kier alpha value is -1.26. The molecule has 0 atom stereocenters. The van der Waals surface area contributed by atoms with Crippen molar-refractivity contribution in [2.75, 3.05) is 33.9 Å². The molecule has 0 radical (unpaired) electrons. The normalized spacial score (nSPS) is 11.8. The number of methoxy groups -OCH3 is 2. The first-order valence-electron chi connectivity index (χ1n) is 6.93. The lowest BCUT2D eigenvalue weighted by atomic mass is 9.95. The second-order valence-corrected chi connectivity index (χ2v) is 6.17. The largest absolute Gasteiger partial charge is 0.497 e. The molecule has 0 bridgehead atoms. The zero-order chi connectivity index (χ0) is 15.2. The molecule has 0 aliphatic rings. The topological polar surface area (TPSA) is 41.9 Å². The van der Waals surface area contributed by atoms with Gasteiger partial charge in [-0.15, -0.1) is 0 Å². The molecule has 0 heterocycles. The minimum Gasteiger partial charge on any atom is -0.497 e. The number of benzene rings is 1. The molecule has 0 unspecified atom stereocenters. The Morgan fingerprint density at radius 1 is 1.15 bits per heavy atom. The minimum absolute atomic E-state index is 0.161. The van der Waals surface area contributed by atoms with Crippen LogP contribution in [0.5, 0.6) is 11.5 Å². The van der Waals surface area contributed by atoms with Crippen molar-refractivity contribution in [2.45, 2.75) is 27.3 Å². The molecule has 1 aromatic carbocycles. The van der Waals surface area contributed by atoms with Crippen LogP contribution >= 0.6 is 0 Å². The lowest BCUT2D eigenvalue weighted by Gasteiger charge is -2.30. The van der Waals surface area contributed by atoms with E-state index >= 15 is 0 Å². The zero-order valence-corrected chi connectivity index (χ0v) is 13.3. The Labute approximate surface area is 122 Å². The van der Waals surface area contributed by atoms with Gasteiger partial charge in [-0.3, -0.25) is 4.90 Å². The molecule has 0 saturated carbocycles. The molecule has 114 valence electrons. The molecule has 4 nitrogen and oxygen atoms in total. The summed E-state index contributed by atoms with van der Waals surface area (Å²) in [5.41, 5.74) is 1.29. The Bertz CT molecular complexity index is 413. The standard InChI is InChI=1S/C16H27NO3/c1-16(2,3)12-17(8-9-18)11-13-6-7-14(19-4)10-15(13)20-5/h6-7,10,18H,8-9,11-12H2,1-5H3. The molecular formula is C16H27NO3. The van der Waals surface area contributed by atoms with Crippen LogP contribution in [0.15, 0.2) is 18.2 Å². The van der Waals surface area contributed by atoms with Gasteiger partial charge in [-0.1, -0.05) is 26.8 Å². The molecule has 1 aromatic rings. The summed E-state index contributed by atoms with van der Waals surface area (Å²) in [4.78, 5) is 2.24. The van der Waals surface area contributed by atoms with Crippen LogP contribution in [0.1, 0.15) is 26.3 Å². The van der Waals surface area contributed by atoms with Crippen LogP contribution in [-0.4, -0.2) is 43.9 Å². The van der Waals surface area contributed by atoms with E-state index in [1.807, 2.05) is 18.2 Å². The smallest absolute Gasteiger partial charge is 0.127 e. The fourth-order valence-corrected chi connectivity index (χ4v) is 2.25. The van der Waals surface area contributed by atoms with Gasteiger partial charge >= 0.3 is 0 Å². The SMILES string of the molecule is COc1ccc(CN(CCO)CC(C)(C)C)c(OC)c1. The molecular weight excluding hydrogens is 254 g/mol. The van der Waals surface area contributed by atoms with Crippen molar-refractivity contribution < 1.29 is 14.6 Å². The molecule has 0 aliphatic heterocycles. The summed E-state index contributed by atoms with van der Waals surface area (Å²) in [6, 6.07) is 5.85. The van der Waals surface area contributed by atoms with Crippen molar-refractivity contribution in [2.24, 2.45) is 5.41 Å². The van der Waals surface area contributed by atoms with E-state index in [9.17, 15) is 5.11 Å². The van der Waals surface area contributed by atoms with Gasteiger partial charge in [0.05, 0.1) is 20.8 Å². The Kier molecular flexibility index (Phi) is 6.30. The van der Waals surface area contributed by atoms with Crippen molar-refractivity contribution in [3.8, 4) is 11.5 Å². The summed E-state index contributed by atoms with van der Waals surface area (Å²) in [5.74, 6) is 1.61. The second kappa shape index (κ2) is 7.50. The van der Waals surface area contributed by atoms with Gasteiger partial charge in [-0.05, 0) is 11.5 Å². The predicted molar refractivity (Wildman–Crippen MR) is 81.4 cm³/mol. The van der Waals surface area contributed by atoms with E-state index in [0.29, 0.717) is 6.54 Å². The number of nitrogens with zero attached hydrogens (tertiary/aromatic N) is 1. The summed E-state index contributed by atoms with van der Waals surface area (Å²) in [7, 11) is 3.31. The van der Waals surface area contributed by atoms with E-state index in [2.05, 4.69) is 25.7 Å². The first-order valence-corrected chi connectivity index (χ1v) is 6.93. The summed E-state index contributed by atoms with van der Waals surface area (Å²) in [6.07, 6.45) is 0. The van der Waals surface area contributed by atoms with Crippen molar-refractivity contribution in [3.63, 3.8) is 0 Å². The molecule has 0 spiro atoms. The van der Waals surface area contributed by atoms with Crippen molar-refractivity contribution in [3.05, 3.63) is 23.8 Å². The summed E-state index contributed by atoms with van der Waals surface area (Å²) < 4.78 is 10.6. The number of hydrogen-bond acceptors (Lipinski definition) is 4. The second-order valence-electron chi connectivity index (χ2n) is 6.17. The monoisotopic (exact) mass is 281 g/mol. The predicted octanol–water partition coefficient (Wildman–Crippen LogP) is 2.54. The maximum atomic E-state index is 9.23. The van der Waals surface area contributed by atoms with E-state index in [1.165, 1.54) is 0 Å². The zero-order valence-electron chi connectivity index (χ0n) is 13.3. The summed E-state index contributed by atoms with van der Waals surface area (Å²) >= 11 is 0. The van der Waals surface area contributed by atoms with E-state index in [0.717, 1.165) is 30.2 Å². The van der Waals surface area contributed by atoms with Gasteiger partial charge < -0.3 is 14.6 Å². The van der Waals surface area contributed by atoms with Crippen LogP contribution in [-0.2, 0) is 6.54 Å². The van der Waals surface area contributed by atoms with Crippen molar-refractivity contribution in [1.82, 2.24) is 4.90 Å². The number of rotatable bonds is 7. The molecule has 0 saturated heterocycles. The fourth-order valence-electron chi connectivity index (χ4n) is 2.25. The molecule has 0 fully saturated rings. The molecule has 20 heavy (non-hydrogen) atoms. The Morgan fingerprint density at radius 2 is 1.85 bits per heavy atom. The van der Waals surface area contributed by atoms with Crippen LogP contribution in [0.2, 0.25) is 0 Å². The molecule has 0 amide bonds. The lowest BCUT2D eigenvalue weighted by Crippen LogP contribution is -2.34. The Morgan fingerprint density at radius 3 is 2.35 bits per heavy atom. The maximum absolute atomic E-state index is 9.23. The van der Waals surface area contributed by atoms with Gasteiger partial charge in [-0.25, -0.2) is 0 Å². The lowest BCUT2D eigenvalue weighted by molar-refractivity contribution is 0.145. The van der Waals surface area contributed by atoms with E-state index < -0.39 is 0 Å². The summed E-state index contributed by atoms with van der Waals surface area (Å²) in [5, 5.41) is 9.23. The first kappa shape index (κ1) is 16.8. The van der Waals surface area contributed by atoms with Crippen LogP contribution in [0.25, 0.3) is 0 Å². The van der Waals surface area contributed by atoms with Gasteiger partial charge in [0, 0.05) is 31.3 Å². The average Bonchev–Trinajstić information content (AvgIpc) is 2.37. The highest BCUT2D eigenvalue weighted by Crippen LogP contribution is 2.26. The van der Waals surface area contributed by atoms with Gasteiger partial charge in [0.25, 0.3) is 0 Å². The Balaban J connectivity index is 2.87. The molecule has 1 rings (SSSR count). The first-order chi connectivity index (χ1) is 9.39. The highest BCUT2D eigenvalue weighted by atomic mass is 16.5. The highest BCUT2D eigenvalue weighted by Gasteiger charge is 2.17. The minimum atomic E-state index is 0.161. The van der Waals surface area contributed by atoms with Crippen LogP contribution in [0.3, 0.4) is 0 Å². The van der Waals surface area contributed by atoms with Crippen LogP contribution in [0, 0.1) is 5.41 Å². The van der Waals surface area contributed by atoms with Crippen molar-refractivity contribution >= 4 is 0 Å². The fraction of sp³-hybridized carbons (Fsp3) is 0.625. The molecule has 4 heteroatoms. The van der Waals surface area contributed by atoms with Crippen LogP contribution < -0.4 is 9.47 Å². The van der Waals surface area contributed by atoms with Crippen molar-refractivity contribution in [1.29, 1.82) is 0 Å². The number of aliphatic hydroxyl groups excluding tert-OH is 1.